The summed E-state index contributed by atoms with van der Waals surface area (Å²) in [6.45, 7) is 0. The highest BCUT2D eigenvalue weighted by molar-refractivity contribution is 5.82. The lowest BCUT2D eigenvalue weighted by atomic mass is 10.1. The maximum atomic E-state index is 12.8. The molecular formula is C14H8F4N4O4. The van der Waals surface area contributed by atoms with Crippen molar-refractivity contribution in [2.24, 2.45) is 5.10 Å². The number of alkyl halides is 3. The normalized spacial score (nSPS) is 11.5. The Hall–Kier alpha value is -3.57. The summed E-state index contributed by atoms with van der Waals surface area (Å²) in [5.74, 6) is -0.524. The number of nitrogens with one attached hydrogen (secondary N) is 1. The topological polar surface area (TPSA) is 111 Å². The van der Waals surface area contributed by atoms with E-state index in [1.54, 1.807) is 0 Å². The Bertz CT molecular complexity index is 847. The monoisotopic (exact) mass is 372 g/mol. The van der Waals surface area contributed by atoms with Crippen LogP contribution >= 0.6 is 0 Å². The third-order valence-electron chi connectivity index (χ3n) is 3.08. The molecule has 2 aromatic rings. The number of nitro groups is 2. The summed E-state index contributed by atoms with van der Waals surface area (Å²) in [7, 11) is 0. The second-order valence-corrected chi connectivity index (χ2v) is 4.82. The van der Waals surface area contributed by atoms with Crippen LogP contribution in [0.1, 0.15) is 11.1 Å². The lowest BCUT2D eigenvalue weighted by Crippen LogP contribution is -2.09. The maximum absolute atomic E-state index is 12.8. The first kappa shape index (κ1) is 18.8. The van der Waals surface area contributed by atoms with Crippen molar-refractivity contribution < 1.29 is 27.4 Å². The zero-order valence-electron chi connectivity index (χ0n) is 12.5. The Balaban J connectivity index is 2.46. The fraction of sp³-hybridized carbons (Fsp3) is 0.0714. The maximum Gasteiger partial charge on any atom is 0.416 e. The predicted molar refractivity (Wildman–Crippen MR) is 82.4 cm³/mol. The minimum atomic E-state index is -5.01. The Morgan fingerprint density at radius 3 is 1.92 bits per heavy atom. The van der Waals surface area contributed by atoms with E-state index < -0.39 is 44.5 Å². The van der Waals surface area contributed by atoms with Crippen LogP contribution in [0.4, 0.5) is 34.6 Å². The number of halogens is 4. The second-order valence-electron chi connectivity index (χ2n) is 4.82. The molecule has 0 spiro atoms. The molecule has 0 heterocycles. The van der Waals surface area contributed by atoms with Crippen molar-refractivity contribution in [3.05, 3.63) is 73.6 Å². The van der Waals surface area contributed by atoms with Crippen LogP contribution in [0.2, 0.25) is 0 Å². The molecule has 2 rings (SSSR count). The molecule has 26 heavy (non-hydrogen) atoms. The molecule has 0 aliphatic rings. The molecule has 12 heteroatoms. The summed E-state index contributed by atoms with van der Waals surface area (Å²) < 4.78 is 51.1. The van der Waals surface area contributed by atoms with Gasteiger partial charge in [-0.3, -0.25) is 25.7 Å². The quantitative estimate of drug-likeness (QED) is 0.368. The fourth-order valence-electron chi connectivity index (χ4n) is 1.90. The number of hydrazone groups is 1. The Morgan fingerprint density at radius 1 is 1.00 bits per heavy atom. The van der Waals surface area contributed by atoms with Gasteiger partial charge in [0.15, 0.2) is 0 Å². The van der Waals surface area contributed by atoms with Crippen LogP contribution in [0.25, 0.3) is 0 Å². The van der Waals surface area contributed by atoms with E-state index in [0.29, 0.717) is 5.56 Å². The summed E-state index contributed by atoms with van der Waals surface area (Å²) >= 11 is 0. The van der Waals surface area contributed by atoms with Crippen molar-refractivity contribution >= 4 is 23.3 Å². The minimum Gasteiger partial charge on any atom is -0.266 e. The van der Waals surface area contributed by atoms with Crippen molar-refractivity contribution in [3.8, 4) is 0 Å². The summed E-state index contributed by atoms with van der Waals surface area (Å²) in [5, 5.41) is 25.6. The van der Waals surface area contributed by atoms with Gasteiger partial charge in [0.1, 0.15) is 5.82 Å². The van der Waals surface area contributed by atoms with Gasteiger partial charge in [-0.15, -0.1) is 0 Å². The van der Waals surface area contributed by atoms with Crippen LogP contribution in [0.3, 0.4) is 0 Å². The van der Waals surface area contributed by atoms with Gasteiger partial charge in [-0.1, -0.05) is 12.1 Å². The Morgan fingerprint density at radius 2 is 1.50 bits per heavy atom. The molecule has 136 valence electrons. The predicted octanol–water partition coefficient (Wildman–Crippen LogP) is 4.11. The van der Waals surface area contributed by atoms with Crippen molar-refractivity contribution in [1.29, 1.82) is 0 Å². The first-order valence-corrected chi connectivity index (χ1v) is 6.68. The Kier molecular flexibility index (Phi) is 5.14. The number of nitrogens with zero attached hydrogens (tertiary/aromatic N) is 3. The van der Waals surface area contributed by atoms with Crippen molar-refractivity contribution in [1.82, 2.24) is 0 Å². The molecule has 0 amide bonds. The van der Waals surface area contributed by atoms with E-state index in [-0.39, 0.29) is 12.1 Å². The molecule has 0 aromatic heterocycles. The third kappa shape index (κ3) is 4.28. The molecule has 0 aliphatic heterocycles. The van der Waals surface area contributed by atoms with Gasteiger partial charge in [0.2, 0.25) is 5.69 Å². The standard InChI is InChI=1S/C14H8F4N4O4/c15-10-3-1-8(2-4-10)7-19-20-13-11(21(23)24)5-9(14(16,17)18)6-12(13)22(25)26/h1-7,20H. The van der Waals surface area contributed by atoms with Crippen LogP contribution in [-0.4, -0.2) is 16.1 Å². The van der Waals surface area contributed by atoms with E-state index in [2.05, 4.69) is 5.10 Å². The van der Waals surface area contributed by atoms with Gasteiger partial charge in [-0.05, 0) is 17.7 Å². The highest BCUT2D eigenvalue weighted by Crippen LogP contribution is 2.41. The Labute approximate surface area is 142 Å². The van der Waals surface area contributed by atoms with Crippen LogP contribution in [0.5, 0.6) is 0 Å². The van der Waals surface area contributed by atoms with Crippen molar-refractivity contribution in [2.45, 2.75) is 6.18 Å². The zero-order valence-corrected chi connectivity index (χ0v) is 12.5. The SMILES string of the molecule is O=[N+]([O-])c1cc(C(F)(F)F)cc([N+](=O)[O-])c1NN=Cc1ccc(F)cc1. The van der Waals surface area contributed by atoms with Crippen molar-refractivity contribution in [2.75, 3.05) is 5.43 Å². The first-order valence-electron chi connectivity index (χ1n) is 6.68. The first-order chi connectivity index (χ1) is 12.1. The van der Waals surface area contributed by atoms with Gasteiger partial charge in [0.05, 0.1) is 21.6 Å². The lowest BCUT2D eigenvalue weighted by molar-refractivity contribution is -0.392. The van der Waals surface area contributed by atoms with Gasteiger partial charge >= 0.3 is 17.6 Å². The molecule has 0 atom stereocenters. The second kappa shape index (κ2) is 7.13. The highest BCUT2D eigenvalue weighted by Gasteiger charge is 2.37. The van der Waals surface area contributed by atoms with Gasteiger partial charge in [0.25, 0.3) is 0 Å². The molecule has 0 bridgehead atoms. The van der Waals surface area contributed by atoms with E-state index in [9.17, 15) is 37.8 Å². The molecular weight excluding hydrogens is 364 g/mol. The number of rotatable bonds is 5. The van der Waals surface area contributed by atoms with E-state index in [0.717, 1.165) is 18.3 Å². The highest BCUT2D eigenvalue weighted by atomic mass is 19.4. The molecule has 0 aliphatic carbocycles. The molecule has 0 saturated carbocycles. The van der Waals surface area contributed by atoms with Crippen LogP contribution < -0.4 is 5.43 Å². The number of hydrogen-bond donors (Lipinski definition) is 1. The number of nitro benzene ring substituents is 2. The third-order valence-corrected chi connectivity index (χ3v) is 3.08. The number of benzene rings is 2. The summed E-state index contributed by atoms with van der Waals surface area (Å²) in [4.78, 5) is 19.7. The molecule has 2 aromatic carbocycles. The van der Waals surface area contributed by atoms with Gasteiger partial charge in [-0.25, -0.2) is 4.39 Å². The van der Waals surface area contributed by atoms with E-state index in [1.165, 1.54) is 12.1 Å². The van der Waals surface area contributed by atoms with E-state index in [4.69, 9.17) is 0 Å². The van der Waals surface area contributed by atoms with Gasteiger partial charge in [0, 0.05) is 12.1 Å². The largest absolute Gasteiger partial charge is 0.416 e. The van der Waals surface area contributed by atoms with Crippen LogP contribution in [0, 0.1) is 26.0 Å². The average molecular weight is 372 g/mol. The number of anilines is 1. The summed E-state index contributed by atoms with van der Waals surface area (Å²) in [6, 6.07) is 5.15. The summed E-state index contributed by atoms with van der Waals surface area (Å²) in [5.41, 5.74) is -2.32. The molecule has 0 unspecified atom stereocenters. The smallest absolute Gasteiger partial charge is 0.266 e. The molecule has 0 saturated heterocycles. The molecule has 1 N–H and O–H groups in total. The van der Waals surface area contributed by atoms with Crippen LogP contribution in [-0.2, 0) is 6.18 Å². The average Bonchev–Trinajstić information content (AvgIpc) is 2.55. The zero-order chi connectivity index (χ0) is 19.5. The minimum absolute atomic E-state index is 0.169. The molecule has 0 fully saturated rings. The van der Waals surface area contributed by atoms with Gasteiger partial charge < -0.3 is 0 Å². The van der Waals surface area contributed by atoms with E-state index in [1.807, 2.05) is 5.43 Å². The summed E-state index contributed by atoms with van der Waals surface area (Å²) in [6.07, 6.45) is -3.95. The van der Waals surface area contributed by atoms with Gasteiger partial charge in [-0.2, -0.15) is 18.3 Å². The molecule has 8 nitrogen and oxygen atoms in total. The number of hydrogen-bond acceptors (Lipinski definition) is 6. The van der Waals surface area contributed by atoms with Crippen LogP contribution in [0.15, 0.2) is 41.5 Å². The van der Waals surface area contributed by atoms with Crippen molar-refractivity contribution in [3.63, 3.8) is 0 Å². The lowest BCUT2D eigenvalue weighted by Gasteiger charge is -2.09. The molecule has 0 radical (unpaired) electrons. The van der Waals surface area contributed by atoms with E-state index >= 15 is 0 Å². The fourth-order valence-corrected chi connectivity index (χ4v) is 1.90.